The maximum absolute atomic E-state index is 13.2. The normalized spacial score (nSPS) is 11.4. The molecule has 0 aromatic heterocycles. The molecule has 4 aromatic rings. The highest BCUT2D eigenvalue weighted by Gasteiger charge is 2.14. The first kappa shape index (κ1) is 33.1. The number of hydrogen-bond donors (Lipinski definition) is 1. The van der Waals surface area contributed by atoms with Crippen LogP contribution in [-0.2, 0) is 4.74 Å². The Hall–Kier alpha value is -4.85. The minimum absolute atomic E-state index is 0.177. The summed E-state index contributed by atoms with van der Waals surface area (Å²) < 4.78 is 21.6. The average molecular weight is 612 g/mol. The van der Waals surface area contributed by atoms with Gasteiger partial charge in [-0.25, -0.2) is 9.59 Å². The molecule has 1 atom stereocenters. The molecule has 45 heavy (non-hydrogen) atoms. The predicted octanol–water partition coefficient (Wildman–Crippen LogP) is 9.73. The first-order valence-corrected chi connectivity index (χ1v) is 15.6. The van der Waals surface area contributed by atoms with Crippen LogP contribution in [-0.4, -0.2) is 30.7 Å². The summed E-state index contributed by atoms with van der Waals surface area (Å²) in [4.78, 5) is 37.5. The Kier molecular flexibility index (Phi) is 12.4. The van der Waals surface area contributed by atoms with Gasteiger partial charge < -0.3 is 18.9 Å². The highest BCUT2D eigenvalue weighted by atomic mass is 16.7. The molecule has 1 unspecified atom stereocenters. The van der Waals surface area contributed by atoms with E-state index in [1.165, 1.54) is 32.1 Å². The Morgan fingerprint density at radius 1 is 0.667 bits per heavy atom. The number of anilines is 1. The van der Waals surface area contributed by atoms with Crippen LogP contribution in [0.15, 0.2) is 84.9 Å². The van der Waals surface area contributed by atoms with E-state index in [1.807, 2.05) is 19.1 Å². The number of nitrogens with one attached hydrogen (secondary N) is 1. The van der Waals surface area contributed by atoms with Crippen LogP contribution < -0.4 is 19.5 Å². The summed E-state index contributed by atoms with van der Waals surface area (Å²) in [6.07, 6.45) is 6.32. The molecule has 1 N–H and O–H groups in total. The third-order valence-electron chi connectivity index (χ3n) is 7.34. The van der Waals surface area contributed by atoms with Gasteiger partial charge >= 0.3 is 12.2 Å². The molecule has 1 amide bonds. The molecule has 236 valence electrons. The van der Waals surface area contributed by atoms with Crippen LogP contribution in [0.4, 0.5) is 15.3 Å². The SMILES string of the molecule is CCCCCCCCOc1ccc(NC(=O)Oc2ccc(C(=O)c3ccc4cc(OC(=O)OC(C)CC)ccc4c3)cc2)cc1. The first-order valence-electron chi connectivity index (χ1n) is 15.6. The van der Waals surface area contributed by atoms with Gasteiger partial charge in [0.1, 0.15) is 23.4 Å². The standard InChI is InChI=1S/C37H41NO7/c1-4-6-7-8-9-10-23-42-32-21-16-31(17-22-32)38-36(40)44-33-18-13-27(14-19-33)35(39)30-12-11-29-25-34(20-15-28(29)24-30)45-37(41)43-26(3)5-2/h11-22,24-26H,4-10,23H2,1-3H3,(H,38,40). The predicted molar refractivity (Wildman–Crippen MR) is 176 cm³/mol. The Morgan fingerprint density at radius 2 is 1.29 bits per heavy atom. The van der Waals surface area contributed by atoms with Gasteiger partial charge in [-0.2, -0.15) is 0 Å². The Morgan fingerprint density at radius 3 is 2.02 bits per heavy atom. The van der Waals surface area contributed by atoms with E-state index in [0.717, 1.165) is 22.9 Å². The molecule has 0 aliphatic rings. The van der Waals surface area contributed by atoms with Crippen LogP contribution in [0.5, 0.6) is 17.2 Å². The Balaban J connectivity index is 1.26. The van der Waals surface area contributed by atoms with Crippen molar-refractivity contribution in [3.05, 3.63) is 96.1 Å². The van der Waals surface area contributed by atoms with Gasteiger partial charge in [-0.05, 0) is 97.3 Å². The molecule has 0 aliphatic heterocycles. The summed E-state index contributed by atoms with van der Waals surface area (Å²) in [5.41, 5.74) is 1.53. The molecule has 0 bridgehead atoms. The molecule has 0 saturated carbocycles. The number of unbranched alkanes of at least 4 members (excludes halogenated alkanes) is 5. The number of hydrogen-bond acceptors (Lipinski definition) is 7. The second-order valence-electron chi connectivity index (χ2n) is 10.9. The number of amides is 1. The molecule has 0 spiro atoms. The van der Waals surface area contributed by atoms with Crippen molar-refractivity contribution >= 4 is 34.5 Å². The quantitative estimate of drug-likeness (QED) is 0.0618. The Bertz CT molecular complexity index is 1560. The topological polar surface area (TPSA) is 100 Å². The van der Waals surface area contributed by atoms with Crippen molar-refractivity contribution in [2.45, 2.75) is 71.8 Å². The van der Waals surface area contributed by atoms with E-state index in [4.69, 9.17) is 18.9 Å². The lowest BCUT2D eigenvalue weighted by Gasteiger charge is -2.11. The smallest absolute Gasteiger partial charge is 0.494 e. The van der Waals surface area contributed by atoms with Crippen molar-refractivity contribution in [1.82, 2.24) is 0 Å². The van der Waals surface area contributed by atoms with Crippen molar-refractivity contribution in [2.75, 3.05) is 11.9 Å². The minimum Gasteiger partial charge on any atom is -0.494 e. The van der Waals surface area contributed by atoms with Gasteiger partial charge in [0.05, 0.1) is 6.61 Å². The molecular weight excluding hydrogens is 570 g/mol. The fourth-order valence-electron chi connectivity index (χ4n) is 4.59. The molecule has 0 fully saturated rings. The number of ether oxygens (including phenoxy) is 4. The first-order chi connectivity index (χ1) is 21.8. The van der Waals surface area contributed by atoms with Gasteiger partial charge in [0.15, 0.2) is 5.78 Å². The zero-order valence-electron chi connectivity index (χ0n) is 26.2. The number of carbonyl (C=O) groups excluding carboxylic acids is 3. The van der Waals surface area contributed by atoms with E-state index in [9.17, 15) is 14.4 Å². The fraction of sp³-hybridized carbons (Fsp3) is 0.324. The molecule has 0 aliphatic carbocycles. The third-order valence-corrected chi connectivity index (χ3v) is 7.34. The third kappa shape index (κ3) is 10.4. The van der Waals surface area contributed by atoms with E-state index >= 15 is 0 Å². The van der Waals surface area contributed by atoms with Crippen LogP contribution in [0.3, 0.4) is 0 Å². The molecule has 0 radical (unpaired) electrons. The van der Waals surface area contributed by atoms with E-state index < -0.39 is 12.2 Å². The number of carbonyl (C=O) groups is 3. The van der Waals surface area contributed by atoms with Crippen LogP contribution in [0.2, 0.25) is 0 Å². The Labute approximate surface area is 264 Å². The van der Waals surface area contributed by atoms with E-state index in [-0.39, 0.29) is 11.9 Å². The summed E-state index contributed by atoms with van der Waals surface area (Å²) in [5, 5.41) is 4.33. The molecule has 0 saturated heterocycles. The lowest BCUT2D eigenvalue weighted by molar-refractivity contribution is 0.0644. The van der Waals surface area contributed by atoms with Crippen LogP contribution in [0.1, 0.15) is 81.6 Å². The maximum atomic E-state index is 13.2. The zero-order valence-corrected chi connectivity index (χ0v) is 26.2. The summed E-state index contributed by atoms with van der Waals surface area (Å²) in [5.74, 6) is 1.25. The van der Waals surface area contributed by atoms with Crippen molar-refractivity contribution in [1.29, 1.82) is 0 Å². The van der Waals surface area contributed by atoms with Gasteiger partial charge in [-0.1, -0.05) is 64.2 Å². The fourth-order valence-corrected chi connectivity index (χ4v) is 4.59. The minimum atomic E-state index is -0.751. The molecule has 0 heterocycles. The average Bonchev–Trinajstić information content (AvgIpc) is 3.04. The van der Waals surface area contributed by atoms with E-state index in [0.29, 0.717) is 41.3 Å². The lowest BCUT2D eigenvalue weighted by Crippen LogP contribution is -2.17. The summed E-state index contributed by atoms with van der Waals surface area (Å²) in [7, 11) is 0. The van der Waals surface area contributed by atoms with Crippen molar-refractivity contribution in [2.24, 2.45) is 0 Å². The van der Waals surface area contributed by atoms with E-state index in [1.54, 1.807) is 79.7 Å². The van der Waals surface area contributed by atoms with Crippen molar-refractivity contribution < 1.29 is 33.3 Å². The maximum Gasteiger partial charge on any atom is 0.514 e. The van der Waals surface area contributed by atoms with Gasteiger partial charge in [0, 0.05) is 16.8 Å². The lowest BCUT2D eigenvalue weighted by atomic mass is 10.00. The van der Waals surface area contributed by atoms with Crippen molar-refractivity contribution in [3.63, 3.8) is 0 Å². The van der Waals surface area contributed by atoms with Gasteiger partial charge in [-0.3, -0.25) is 10.1 Å². The highest BCUT2D eigenvalue weighted by molar-refractivity contribution is 6.10. The van der Waals surface area contributed by atoms with Crippen LogP contribution in [0.25, 0.3) is 10.8 Å². The van der Waals surface area contributed by atoms with Crippen molar-refractivity contribution in [3.8, 4) is 17.2 Å². The summed E-state index contributed by atoms with van der Waals surface area (Å²) in [6.45, 7) is 6.60. The van der Waals surface area contributed by atoms with Crippen LogP contribution >= 0.6 is 0 Å². The van der Waals surface area contributed by atoms with Gasteiger partial charge in [0.2, 0.25) is 0 Å². The number of ketones is 1. The summed E-state index contributed by atoms with van der Waals surface area (Å²) >= 11 is 0. The van der Waals surface area contributed by atoms with Gasteiger partial charge in [0.25, 0.3) is 0 Å². The summed E-state index contributed by atoms with van der Waals surface area (Å²) in [6, 6.07) is 24.0. The highest BCUT2D eigenvalue weighted by Crippen LogP contribution is 2.25. The van der Waals surface area contributed by atoms with Gasteiger partial charge in [-0.15, -0.1) is 0 Å². The van der Waals surface area contributed by atoms with E-state index in [2.05, 4.69) is 12.2 Å². The zero-order chi connectivity index (χ0) is 32.0. The number of rotatable bonds is 15. The number of fused-ring (bicyclic) bond motifs is 1. The molecule has 8 heteroatoms. The van der Waals surface area contributed by atoms with Crippen LogP contribution in [0, 0.1) is 0 Å². The monoisotopic (exact) mass is 611 g/mol. The molecule has 8 nitrogen and oxygen atoms in total. The molecular formula is C37H41NO7. The second kappa shape index (κ2) is 16.9. The second-order valence-corrected chi connectivity index (χ2v) is 10.9. The molecule has 4 aromatic carbocycles. The molecule has 4 rings (SSSR count). The largest absolute Gasteiger partial charge is 0.514 e. The number of benzene rings is 4.